The van der Waals surface area contributed by atoms with Crippen LogP contribution in [0.5, 0.6) is 0 Å². The maximum Gasteiger partial charge on any atom is 0.302 e. The summed E-state index contributed by atoms with van der Waals surface area (Å²) in [5.41, 5.74) is -2.57. The molecule has 2 N–H and O–H groups in total. The van der Waals surface area contributed by atoms with Crippen molar-refractivity contribution in [2.45, 2.75) is 77.5 Å². The van der Waals surface area contributed by atoms with Gasteiger partial charge in [-0.2, -0.15) is 0 Å². The number of allylic oxidation sites excluding steroid dienone is 1. The maximum atomic E-state index is 13.8. The summed E-state index contributed by atoms with van der Waals surface area (Å²) in [7, 11) is 0. The smallest absolute Gasteiger partial charge is 0.302 e. The molecule has 2 spiro atoms. The van der Waals surface area contributed by atoms with Crippen LogP contribution in [0.3, 0.4) is 0 Å². The molecule has 4 saturated carbocycles. The molecule has 0 amide bonds. The van der Waals surface area contributed by atoms with E-state index in [1.807, 2.05) is 13.8 Å². The van der Waals surface area contributed by atoms with E-state index in [1.165, 1.54) is 13.8 Å². The van der Waals surface area contributed by atoms with E-state index in [0.717, 1.165) is 0 Å². The zero-order chi connectivity index (χ0) is 23.4. The fourth-order valence-corrected chi connectivity index (χ4v) is 8.52. The van der Waals surface area contributed by atoms with E-state index in [0.29, 0.717) is 24.8 Å². The first-order valence-electron chi connectivity index (χ1n) is 11.5. The molecular formula is C24H32O8. The summed E-state index contributed by atoms with van der Waals surface area (Å²) in [4.78, 5) is 38.0. The van der Waals surface area contributed by atoms with Crippen LogP contribution >= 0.6 is 0 Å². The fourth-order valence-electron chi connectivity index (χ4n) is 8.52. The third kappa shape index (κ3) is 2.31. The van der Waals surface area contributed by atoms with Gasteiger partial charge in [-0.25, -0.2) is 0 Å². The molecule has 6 aliphatic rings. The highest BCUT2D eigenvalue weighted by molar-refractivity contribution is 6.04. The fraction of sp³-hybridized carbons (Fsp3) is 0.792. The van der Waals surface area contributed by atoms with E-state index in [2.05, 4.69) is 6.58 Å². The molecule has 8 heteroatoms. The van der Waals surface area contributed by atoms with Crippen LogP contribution in [-0.4, -0.2) is 58.6 Å². The van der Waals surface area contributed by atoms with E-state index >= 15 is 0 Å². The highest BCUT2D eigenvalue weighted by atomic mass is 16.6. The first kappa shape index (κ1) is 22.0. The molecule has 4 bridgehead atoms. The standard InChI is InChI=1S/C24H32O8/c1-11-14-8-15(31-12(2)25)17-22-10-30-24(29,23(17,9-14)19(11)27)20(28)18(22)21(4,5)7-6-16(22)32-13(3)26/h14-18,20,28-29H,1,6-10H2,2-5H3/t14-,15-,16+,17+,18-,20+,22?,23+,24-/m1/s1. The predicted molar refractivity (Wildman–Crippen MR) is 110 cm³/mol. The number of esters is 2. The lowest BCUT2D eigenvalue weighted by atomic mass is 9.35. The van der Waals surface area contributed by atoms with Crippen molar-refractivity contribution in [1.29, 1.82) is 0 Å². The minimum absolute atomic E-state index is 0.00120. The summed E-state index contributed by atoms with van der Waals surface area (Å²) in [6.45, 7) is 10.7. The molecule has 0 aromatic carbocycles. The lowest BCUT2D eigenvalue weighted by molar-refractivity contribution is -0.455. The Labute approximate surface area is 187 Å². The lowest BCUT2D eigenvalue weighted by Crippen LogP contribution is -2.85. The Morgan fingerprint density at radius 3 is 2.44 bits per heavy atom. The van der Waals surface area contributed by atoms with Crippen LogP contribution in [0.25, 0.3) is 0 Å². The second-order valence-electron chi connectivity index (χ2n) is 11.2. The van der Waals surface area contributed by atoms with Gasteiger partial charge in [-0.15, -0.1) is 0 Å². The molecule has 2 saturated heterocycles. The number of Topliss-reactive ketones (excluding diaryl/α,β-unsaturated/α-hetero) is 1. The van der Waals surface area contributed by atoms with Crippen LogP contribution in [0.1, 0.15) is 53.4 Å². The van der Waals surface area contributed by atoms with Gasteiger partial charge in [0.05, 0.1) is 12.0 Å². The third-order valence-corrected chi connectivity index (χ3v) is 9.35. The molecule has 2 heterocycles. The Bertz CT molecular complexity index is 925. The summed E-state index contributed by atoms with van der Waals surface area (Å²) >= 11 is 0. The van der Waals surface area contributed by atoms with Crippen LogP contribution in [-0.2, 0) is 28.6 Å². The molecular weight excluding hydrogens is 416 g/mol. The molecule has 0 aromatic rings. The largest absolute Gasteiger partial charge is 0.462 e. The number of rotatable bonds is 2. The van der Waals surface area contributed by atoms with Gasteiger partial charge in [0.15, 0.2) is 5.78 Å². The van der Waals surface area contributed by atoms with Gasteiger partial charge < -0.3 is 24.4 Å². The van der Waals surface area contributed by atoms with Crippen molar-refractivity contribution in [3.63, 3.8) is 0 Å². The average molecular weight is 449 g/mol. The molecule has 8 nitrogen and oxygen atoms in total. The Morgan fingerprint density at radius 1 is 1.16 bits per heavy atom. The number of carbonyl (C=O) groups is 3. The van der Waals surface area contributed by atoms with Crippen LogP contribution < -0.4 is 0 Å². The van der Waals surface area contributed by atoms with Gasteiger partial charge in [0.25, 0.3) is 0 Å². The zero-order valence-corrected chi connectivity index (χ0v) is 19.1. The highest BCUT2D eigenvalue weighted by Gasteiger charge is 2.86. The predicted octanol–water partition coefficient (Wildman–Crippen LogP) is 1.52. The lowest BCUT2D eigenvalue weighted by Gasteiger charge is -2.74. The SMILES string of the molecule is C=C1C(=O)[C@]23C[C@H]1C[C@@H](OC(C)=O)[C@H]2C12CO[C@]3(O)[C@@H](O)[C@@H]1C(C)(C)CC[C@@H]2OC(C)=O. The van der Waals surface area contributed by atoms with Gasteiger partial charge in [0, 0.05) is 31.1 Å². The molecule has 176 valence electrons. The van der Waals surface area contributed by atoms with Crippen LogP contribution in [0.15, 0.2) is 12.2 Å². The molecule has 0 radical (unpaired) electrons. The highest BCUT2D eigenvalue weighted by Crippen LogP contribution is 2.77. The van der Waals surface area contributed by atoms with Gasteiger partial charge in [-0.1, -0.05) is 20.4 Å². The van der Waals surface area contributed by atoms with Crippen molar-refractivity contribution in [3.8, 4) is 0 Å². The summed E-state index contributed by atoms with van der Waals surface area (Å²) in [6, 6.07) is 0. The van der Waals surface area contributed by atoms with Gasteiger partial charge in [0.1, 0.15) is 18.3 Å². The number of aliphatic hydroxyl groups is 2. The molecule has 9 atom stereocenters. The number of ether oxygens (including phenoxy) is 3. The molecule has 1 unspecified atom stereocenters. The number of fused-ring (bicyclic) bond motifs is 2. The van der Waals surface area contributed by atoms with Crippen LogP contribution in [0.4, 0.5) is 0 Å². The van der Waals surface area contributed by atoms with Crippen molar-refractivity contribution in [1.82, 2.24) is 0 Å². The molecule has 6 rings (SSSR count). The van der Waals surface area contributed by atoms with Gasteiger partial charge in [-0.3, -0.25) is 14.4 Å². The number of hydrogen-bond acceptors (Lipinski definition) is 8. The Hall–Kier alpha value is -1.77. The van der Waals surface area contributed by atoms with Gasteiger partial charge in [-0.05, 0) is 42.6 Å². The maximum absolute atomic E-state index is 13.8. The van der Waals surface area contributed by atoms with Crippen molar-refractivity contribution in [2.75, 3.05) is 6.61 Å². The molecule has 32 heavy (non-hydrogen) atoms. The first-order valence-corrected chi connectivity index (χ1v) is 11.5. The van der Waals surface area contributed by atoms with E-state index in [4.69, 9.17) is 14.2 Å². The van der Waals surface area contributed by atoms with E-state index in [9.17, 15) is 24.6 Å². The zero-order valence-electron chi connectivity index (χ0n) is 19.1. The van der Waals surface area contributed by atoms with E-state index in [1.54, 1.807) is 0 Å². The normalized spacial score (nSPS) is 50.4. The molecule has 0 aromatic heterocycles. The Kier molecular flexibility index (Phi) is 4.42. The summed E-state index contributed by atoms with van der Waals surface area (Å²) < 4.78 is 17.7. The second kappa shape index (κ2) is 6.42. The molecule has 6 fully saturated rings. The summed E-state index contributed by atoms with van der Waals surface area (Å²) in [5.74, 6) is -4.89. The van der Waals surface area contributed by atoms with Gasteiger partial charge >= 0.3 is 11.9 Å². The minimum atomic E-state index is -2.13. The summed E-state index contributed by atoms with van der Waals surface area (Å²) in [6.07, 6.45) is -0.844. The topological polar surface area (TPSA) is 119 Å². The number of hydrogen-bond donors (Lipinski definition) is 2. The summed E-state index contributed by atoms with van der Waals surface area (Å²) in [5, 5.41) is 23.6. The third-order valence-electron chi connectivity index (χ3n) is 9.35. The number of carbonyl (C=O) groups excluding carboxylic acids is 3. The monoisotopic (exact) mass is 448 g/mol. The second-order valence-corrected chi connectivity index (χ2v) is 11.2. The van der Waals surface area contributed by atoms with Gasteiger partial charge in [0.2, 0.25) is 5.79 Å². The minimum Gasteiger partial charge on any atom is -0.462 e. The van der Waals surface area contributed by atoms with Crippen molar-refractivity contribution < 1.29 is 38.8 Å². The molecule has 2 aliphatic heterocycles. The van der Waals surface area contributed by atoms with E-state index in [-0.39, 0.29) is 24.7 Å². The first-order chi connectivity index (χ1) is 14.8. The van der Waals surface area contributed by atoms with Crippen LogP contribution in [0.2, 0.25) is 0 Å². The number of ketones is 1. The average Bonchev–Trinajstić information content (AvgIpc) is 2.87. The van der Waals surface area contributed by atoms with Crippen molar-refractivity contribution >= 4 is 17.7 Å². The Balaban J connectivity index is 1.80. The number of aliphatic hydroxyl groups excluding tert-OH is 1. The van der Waals surface area contributed by atoms with Crippen molar-refractivity contribution in [2.24, 2.45) is 34.0 Å². The van der Waals surface area contributed by atoms with Crippen LogP contribution in [0, 0.1) is 34.0 Å². The van der Waals surface area contributed by atoms with Crippen molar-refractivity contribution in [3.05, 3.63) is 12.2 Å². The van der Waals surface area contributed by atoms with E-state index < -0.39 is 64.1 Å². The Morgan fingerprint density at radius 2 is 1.81 bits per heavy atom. The molecule has 4 aliphatic carbocycles. The quantitative estimate of drug-likeness (QED) is 0.482.